The smallest absolute Gasteiger partial charge is 0.237 e. The van der Waals surface area contributed by atoms with Gasteiger partial charge in [-0.1, -0.05) is 15.9 Å². The number of ether oxygens (including phenoxy) is 1. The van der Waals surface area contributed by atoms with Crippen molar-refractivity contribution in [2.45, 2.75) is 25.2 Å². The summed E-state index contributed by atoms with van der Waals surface area (Å²) < 4.78 is 19.1. The maximum atomic E-state index is 13.0. The van der Waals surface area contributed by atoms with Gasteiger partial charge in [0, 0.05) is 29.5 Å². The van der Waals surface area contributed by atoms with Crippen molar-refractivity contribution < 1.29 is 13.9 Å². The number of benzene rings is 1. The maximum Gasteiger partial charge on any atom is 0.237 e. The van der Waals surface area contributed by atoms with Crippen LogP contribution >= 0.6 is 28.3 Å². The van der Waals surface area contributed by atoms with Crippen molar-refractivity contribution >= 4 is 34.2 Å². The fourth-order valence-corrected chi connectivity index (χ4v) is 2.49. The minimum Gasteiger partial charge on any atom is -0.496 e. The van der Waals surface area contributed by atoms with Gasteiger partial charge >= 0.3 is 0 Å². The van der Waals surface area contributed by atoms with Crippen LogP contribution in [0.15, 0.2) is 22.7 Å². The molecule has 0 bridgehead atoms. The lowest BCUT2D eigenvalue weighted by Gasteiger charge is -2.13. The van der Waals surface area contributed by atoms with Crippen molar-refractivity contribution in [3.63, 3.8) is 0 Å². The number of alkyl halides is 1. The molecule has 1 saturated heterocycles. The number of halogens is 3. The quantitative estimate of drug-likeness (QED) is 0.858. The van der Waals surface area contributed by atoms with Crippen LogP contribution in [0.1, 0.15) is 12.0 Å². The molecule has 4 nitrogen and oxygen atoms in total. The number of nitrogens with one attached hydrogen (secondary N) is 2. The van der Waals surface area contributed by atoms with Crippen LogP contribution in [0.4, 0.5) is 4.39 Å². The lowest BCUT2D eigenvalue weighted by Crippen LogP contribution is -2.40. The largest absolute Gasteiger partial charge is 0.496 e. The van der Waals surface area contributed by atoms with Crippen LogP contribution in [0.25, 0.3) is 0 Å². The fourth-order valence-electron chi connectivity index (χ4n) is 2.08. The average Bonchev–Trinajstić information content (AvgIpc) is 2.83. The first kappa shape index (κ1) is 17.2. The molecule has 0 aliphatic carbocycles. The van der Waals surface area contributed by atoms with E-state index in [1.165, 1.54) is 0 Å². The molecule has 7 heteroatoms. The first-order valence-corrected chi connectivity index (χ1v) is 6.87. The van der Waals surface area contributed by atoms with Crippen LogP contribution in [0.2, 0.25) is 0 Å². The van der Waals surface area contributed by atoms with Gasteiger partial charge in [-0.2, -0.15) is 0 Å². The predicted octanol–water partition coefficient (Wildman–Crippen LogP) is 2.20. The van der Waals surface area contributed by atoms with E-state index in [0.29, 0.717) is 12.3 Å². The summed E-state index contributed by atoms with van der Waals surface area (Å²) in [4.78, 5) is 11.9. The molecule has 20 heavy (non-hydrogen) atoms. The molecule has 1 amide bonds. The van der Waals surface area contributed by atoms with E-state index in [2.05, 4.69) is 26.6 Å². The van der Waals surface area contributed by atoms with E-state index in [1.54, 1.807) is 7.11 Å². The highest BCUT2D eigenvalue weighted by Gasteiger charge is 2.28. The van der Waals surface area contributed by atoms with Gasteiger partial charge in [0.2, 0.25) is 5.91 Å². The highest BCUT2D eigenvalue weighted by Crippen LogP contribution is 2.22. The summed E-state index contributed by atoms with van der Waals surface area (Å²) in [7, 11) is 1.58. The van der Waals surface area contributed by atoms with E-state index in [4.69, 9.17) is 4.74 Å². The van der Waals surface area contributed by atoms with Crippen molar-refractivity contribution in [2.75, 3.05) is 13.7 Å². The molecule has 2 rings (SSSR count). The molecule has 0 radical (unpaired) electrons. The molecule has 2 N–H and O–H groups in total. The summed E-state index contributed by atoms with van der Waals surface area (Å²) in [6.07, 6.45) is -0.697. The van der Waals surface area contributed by atoms with Gasteiger partial charge in [0.1, 0.15) is 11.9 Å². The third-order valence-corrected chi connectivity index (χ3v) is 3.58. The van der Waals surface area contributed by atoms with Gasteiger partial charge in [0.15, 0.2) is 0 Å². The molecule has 1 aliphatic heterocycles. The Kier molecular flexibility index (Phi) is 6.71. The van der Waals surface area contributed by atoms with Crippen LogP contribution in [0.5, 0.6) is 5.75 Å². The zero-order valence-corrected chi connectivity index (χ0v) is 13.4. The second-order valence-electron chi connectivity index (χ2n) is 4.47. The Bertz CT molecular complexity index is 476. The molecule has 0 spiro atoms. The molecule has 1 aromatic rings. The Morgan fingerprint density at radius 2 is 2.35 bits per heavy atom. The highest BCUT2D eigenvalue weighted by molar-refractivity contribution is 9.10. The summed E-state index contributed by atoms with van der Waals surface area (Å²) >= 11 is 3.38. The Labute approximate surface area is 132 Å². The fraction of sp³-hybridized carbons (Fsp3) is 0.462. The number of rotatable bonds is 4. The van der Waals surface area contributed by atoms with Crippen LogP contribution in [-0.2, 0) is 11.3 Å². The van der Waals surface area contributed by atoms with Gasteiger partial charge < -0.3 is 15.4 Å². The Morgan fingerprint density at radius 3 is 2.95 bits per heavy atom. The lowest BCUT2D eigenvalue weighted by atomic mass is 10.1. The number of amides is 1. The minimum atomic E-state index is -0.934. The molecular weight excluding hydrogens is 351 g/mol. The summed E-state index contributed by atoms with van der Waals surface area (Å²) in [5.74, 6) is 0.536. The second kappa shape index (κ2) is 7.81. The summed E-state index contributed by atoms with van der Waals surface area (Å²) in [5.41, 5.74) is 0.875. The van der Waals surface area contributed by atoms with Crippen LogP contribution in [0, 0.1) is 0 Å². The summed E-state index contributed by atoms with van der Waals surface area (Å²) in [5, 5.41) is 5.65. The summed E-state index contributed by atoms with van der Waals surface area (Å²) in [6.45, 7) is 0.606. The maximum absolute atomic E-state index is 13.0. The average molecular weight is 368 g/mol. The van der Waals surface area contributed by atoms with E-state index >= 15 is 0 Å². The van der Waals surface area contributed by atoms with Gasteiger partial charge in [-0.15, -0.1) is 12.4 Å². The van der Waals surface area contributed by atoms with Gasteiger partial charge in [-0.3, -0.25) is 4.79 Å². The third kappa shape index (κ3) is 4.33. The Hall–Kier alpha value is -0.850. The number of methoxy groups -OCH3 is 1. The molecule has 0 saturated carbocycles. The topological polar surface area (TPSA) is 50.4 Å². The molecule has 112 valence electrons. The van der Waals surface area contributed by atoms with Crippen molar-refractivity contribution in [1.29, 1.82) is 0 Å². The van der Waals surface area contributed by atoms with Gasteiger partial charge in [-0.25, -0.2) is 4.39 Å². The Morgan fingerprint density at radius 1 is 1.60 bits per heavy atom. The number of carbonyl (C=O) groups excluding carboxylic acids is 1. The number of hydrogen-bond acceptors (Lipinski definition) is 3. The van der Waals surface area contributed by atoms with Crippen molar-refractivity contribution in [1.82, 2.24) is 10.6 Å². The highest BCUT2D eigenvalue weighted by atomic mass is 79.9. The molecule has 2 atom stereocenters. The summed E-state index contributed by atoms with van der Waals surface area (Å²) in [6, 6.07) is 5.15. The molecular formula is C13H17BrClFN2O2. The Balaban J connectivity index is 0.00000200. The zero-order chi connectivity index (χ0) is 13.8. The SMILES string of the molecule is COc1ccc(Br)cc1CNC(=O)[C@H]1C[C@H](F)CN1.Cl. The lowest BCUT2D eigenvalue weighted by molar-refractivity contribution is -0.123. The second-order valence-corrected chi connectivity index (χ2v) is 5.38. The van der Waals surface area contributed by atoms with Gasteiger partial charge in [0.25, 0.3) is 0 Å². The first-order chi connectivity index (χ1) is 9.10. The molecule has 1 heterocycles. The zero-order valence-electron chi connectivity index (χ0n) is 11.0. The number of carbonyl (C=O) groups is 1. The molecule has 0 aromatic heterocycles. The van der Waals surface area contributed by atoms with Crippen molar-refractivity contribution in [3.05, 3.63) is 28.2 Å². The normalized spacial score (nSPS) is 21.1. The monoisotopic (exact) mass is 366 g/mol. The molecule has 1 aliphatic rings. The van der Waals surface area contributed by atoms with E-state index in [-0.39, 0.29) is 31.3 Å². The van der Waals surface area contributed by atoms with Gasteiger partial charge in [-0.05, 0) is 18.2 Å². The van der Waals surface area contributed by atoms with E-state index in [1.807, 2.05) is 18.2 Å². The van der Waals surface area contributed by atoms with E-state index in [9.17, 15) is 9.18 Å². The van der Waals surface area contributed by atoms with Crippen molar-refractivity contribution in [2.24, 2.45) is 0 Å². The molecule has 0 unspecified atom stereocenters. The van der Waals surface area contributed by atoms with Crippen LogP contribution < -0.4 is 15.4 Å². The third-order valence-electron chi connectivity index (χ3n) is 3.09. The predicted molar refractivity (Wildman–Crippen MR) is 81.1 cm³/mol. The minimum absolute atomic E-state index is 0. The van der Waals surface area contributed by atoms with Gasteiger partial charge in [0.05, 0.1) is 13.2 Å². The van der Waals surface area contributed by atoms with Crippen molar-refractivity contribution in [3.8, 4) is 5.75 Å². The van der Waals surface area contributed by atoms with E-state index < -0.39 is 12.2 Å². The van der Waals surface area contributed by atoms with Crippen LogP contribution in [0.3, 0.4) is 0 Å². The first-order valence-electron chi connectivity index (χ1n) is 6.07. The molecule has 1 fully saturated rings. The standard InChI is InChI=1S/C13H16BrFN2O2.ClH/c1-19-12-3-2-9(14)4-8(12)6-17-13(18)11-5-10(15)7-16-11;/h2-4,10-11,16H,5-7H2,1H3,(H,17,18);1H/t10-,11+;/m0./s1. The number of hydrogen-bond donors (Lipinski definition) is 2. The molecule has 1 aromatic carbocycles. The van der Waals surface area contributed by atoms with Crippen LogP contribution in [-0.4, -0.2) is 31.8 Å². The van der Waals surface area contributed by atoms with E-state index in [0.717, 1.165) is 10.0 Å².